The van der Waals surface area contributed by atoms with Gasteiger partial charge in [-0.1, -0.05) is 25.0 Å². The highest BCUT2D eigenvalue weighted by Gasteiger charge is 2.33. The molecule has 3 aromatic rings. The summed E-state index contributed by atoms with van der Waals surface area (Å²) >= 11 is 0. The Labute approximate surface area is 157 Å². The fraction of sp³-hybridized carbons (Fsp3) is 0.500. The van der Waals surface area contributed by atoms with E-state index < -0.39 is 0 Å². The van der Waals surface area contributed by atoms with Gasteiger partial charge in [0.1, 0.15) is 5.82 Å². The van der Waals surface area contributed by atoms with E-state index >= 15 is 0 Å². The van der Waals surface area contributed by atoms with Crippen LogP contribution in [-0.2, 0) is 6.54 Å². The van der Waals surface area contributed by atoms with Crippen LogP contribution in [0, 0.1) is 0 Å². The Hall–Kier alpha value is -2.54. The van der Waals surface area contributed by atoms with Gasteiger partial charge in [-0.05, 0) is 44.4 Å². The summed E-state index contributed by atoms with van der Waals surface area (Å²) in [6.07, 6.45) is 7.91. The number of nitrogens with zero attached hydrogens (tertiary/aromatic N) is 5. The molecule has 0 spiro atoms. The molecule has 1 saturated heterocycles. The van der Waals surface area contributed by atoms with Crippen molar-refractivity contribution in [3.63, 3.8) is 0 Å². The Bertz CT molecular complexity index is 991. The SMILES string of the molecule is O=c1c2ccccc2nc(C2CCCN2Cc2nnco2)n1C1CCCC1. The highest BCUT2D eigenvalue weighted by Crippen LogP contribution is 2.36. The quantitative estimate of drug-likeness (QED) is 0.706. The summed E-state index contributed by atoms with van der Waals surface area (Å²) in [5, 5.41) is 8.53. The molecule has 5 rings (SSSR count). The normalized spacial score (nSPS) is 21.4. The number of aromatic nitrogens is 4. The first-order chi connectivity index (χ1) is 13.3. The second-order valence-electron chi connectivity index (χ2n) is 7.56. The molecule has 1 aromatic carbocycles. The Morgan fingerprint density at radius 2 is 1.96 bits per heavy atom. The lowest BCUT2D eigenvalue weighted by atomic mass is 10.1. The maximum atomic E-state index is 13.4. The lowest BCUT2D eigenvalue weighted by Crippen LogP contribution is -2.33. The van der Waals surface area contributed by atoms with E-state index in [4.69, 9.17) is 9.40 Å². The van der Waals surface area contributed by atoms with Crippen molar-refractivity contribution >= 4 is 10.9 Å². The molecule has 1 unspecified atom stereocenters. The lowest BCUT2D eigenvalue weighted by Gasteiger charge is -2.27. The van der Waals surface area contributed by atoms with Gasteiger partial charge in [0.15, 0.2) is 0 Å². The maximum Gasteiger partial charge on any atom is 0.261 e. The fourth-order valence-corrected chi connectivity index (χ4v) is 4.66. The van der Waals surface area contributed by atoms with Crippen molar-refractivity contribution in [3.05, 3.63) is 52.7 Å². The van der Waals surface area contributed by atoms with E-state index in [0.717, 1.165) is 49.0 Å². The molecule has 7 nitrogen and oxygen atoms in total. The van der Waals surface area contributed by atoms with Gasteiger partial charge in [0, 0.05) is 6.04 Å². The van der Waals surface area contributed by atoms with E-state index in [-0.39, 0.29) is 17.6 Å². The van der Waals surface area contributed by atoms with E-state index in [1.165, 1.54) is 19.2 Å². The first kappa shape index (κ1) is 16.6. The number of rotatable bonds is 4. The van der Waals surface area contributed by atoms with Crippen LogP contribution in [-0.4, -0.2) is 31.2 Å². The molecule has 1 aliphatic heterocycles. The van der Waals surface area contributed by atoms with Crippen LogP contribution >= 0.6 is 0 Å². The second-order valence-corrected chi connectivity index (χ2v) is 7.56. The topological polar surface area (TPSA) is 77.1 Å². The molecule has 0 amide bonds. The summed E-state index contributed by atoms with van der Waals surface area (Å²) in [6.45, 7) is 1.54. The van der Waals surface area contributed by atoms with Crippen LogP contribution < -0.4 is 5.56 Å². The zero-order valence-electron chi connectivity index (χ0n) is 15.3. The van der Waals surface area contributed by atoms with Crippen LogP contribution in [0.4, 0.5) is 0 Å². The van der Waals surface area contributed by atoms with E-state index in [2.05, 4.69) is 15.1 Å². The third-order valence-corrected chi connectivity index (χ3v) is 5.93. The molecule has 2 fully saturated rings. The second kappa shape index (κ2) is 6.88. The number of fused-ring (bicyclic) bond motifs is 1. The van der Waals surface area contributed by atoms with Gasteiger partial charge in [-0.25, -0.2) is 4.98 Å². The molecule has 7 heteroatoms. The zero-order valence-corrected chi connectivity index (χ0v) is 15.3. The standard InChI is InChI=1S/C20H23N5O2/c26-20-15-8-3-4-9-16(15)22-19(25(20)14-6-1-2-7-14)17-10-5-11-24(17)12-18-23-21-13-27-18/h3-4,8-9,13-14,17H,1-2,5-7,10-12H2. The molecule has 0 bridgehead atoms. The molecule has 1 aliphatic carbocycles. The summed E-state index contributed by atoms with van der Waals surface area (Å²) in [5.41, 5.74) is 0.892. The van der Waals surface area contributed by atoms with Crippen LogP contribution in [0.15, 0.2) is 39.9 Å². The van der Waals surface area contributed by atoms with E-state index in [9.17, 15) is 4.79 Å². The molecule has 1 saturated carbocycles. The van der Waals surface area contributed by atoms with Crippen molar-refractivity contribution in [3.8, 4) is 0 Å². The van der Waals surface area contributed by atoms with Gasteiger partial charge in [0.05, 0.1) is 23.5 Å². The average molecular weight is 365 g/mol. The van der Waals surface area contributed by atoms with Gasteiger partial charge >= 0.3 is 0 Å². The highest BCUT2D eigenvalue weighted by atomic mass is 16.4. The van der Waals surface area contributed by atoms with Gasteiger partial charge in [-0.3, -0.25) is 14.3 Å². The van der Waals surface area contributed by atoms with Gasteiger partial charge < -0.3 is 4.42 Å². The van der Waals surface area contributed by atoms with E-state index in [0.29, 0.717) is 12.4 Å². The summed E-state index contributed by atoms with van der Waals surface area (Å²) in [5.74, 6) is 1.51. The summed E-state index contributed by atoms with van der Waals surface area (Å²) in [4.78, 5) is 20.7. The minimum Gasteiger partial charge on any atom is -0.427 e. The first-order valence-electron chi connectivity index (χ1n) is 9.81. The Kier molecular flexibility index (Phi) is 4.24. The van der Waals surface area contributed by atoms with Gasteiger partial charge in [0.25, 0.3) is 5.56 Å². The first-order valence-corrected chi connectivity index (χ1v) is 9.81. The number of hydrogen-bond donors (Lipinski definition) is 0. The zero-order chi connectivity index (χ0) is 18.2. The fourth-order valence-electron chi connectivity index (χ4n) is 4.66. The molecule has 140 valence electrons. The van der Waals surface area contributed by atoms with Crippen LogP contribution in [0.25, 0.3) is 10.9 Å². The Morgan fingerprint density at radius 1 is 1.11 bits per heavy atom. The predicted molar refractivity (Wildman–Crippen MR) is 100 cm³/mol. The smallest absolute Gasteiger partial charge is 0.261 e. The number of para-hydroxylation sites is 1. The molecular formula is C20H23N5O2. The van der Waals surface area contributed by atoms with Crippen molar-refractivity contribution < 1.29 is 4.42 Å². The molecule has 0 N–H and O–H groups in total. The van der Waals surface area contributed by atoms with Crippen LogP contribution in [0.2, 0.25) is 0 Å². The van der Waals surface area contributed by atoms with Gasteiger partial charge in [-0.15, -0.1) is 10.2 Å². The molecule has 2 aromatic heterocycles. The maximum absolute atomic E-state index is 13.4. The minimum absolute atomic E-state index is 0.104. The number of hydrogen-bond acceptors (Lipinski definition) is 6. The molecule has 3 heterocycles. The van der Waals surface area contributed by atoms with Crippen molar-refractivity contribution in [1.82, 2.24) is 24.6 Å². The average Bonchev–Trinajstić information content (AvgIpc) is 3.45. The third-order valence-electron chi connectivity index (χ3n) is 5.93. The van der Waals surface area contributed by atoms with Gasteiger partial charge in [0.2, 0.25) is 12.3 Å². The Balaban J connectivity index is 1.62. The summed E-state index contributed by atoms with van der Waals surface area (Å²) < 4.78 is 7.36. The highest BCUT2D eigenvalue weighted by molar-refractivity contribution is 5.77. The van der Waals surface area contributed by atoms with Gasteiger partial charge in [-0.2, -0.15) is 0 Å². The molecule has 0 radical (unpaired) electrons. The van der Waals surface area contributed by atoms with Crippen LogP contribution in [0.5, 0.6) is 0 Å². The molecule has 1 atom stereocenters. The largest absolute Gasteiger partial charge is 0.427 e. The van der Waals surface area contributed by atoms with Crippen molar-refractivity contribution in [2.45, 2.75) is 57.2 Å². The third kappa shape index (κ3) is 2.96. The Morgan fingerprint density at radius 3 is 2.78 bits per heavy atom. The van der Waals surface area contributed by atoms with E-state index in [1.807, 2.05) is 28.8 Å². The number of benzene rings is 1. The predicted octanol–water partition coefficient (Wildman–Crippen LogP) is 3.23. The monoisotopic (exact) mass is 365 g/mol. The van der Waals surface area contributed by atoms with Crippen molar-refractivity contribution in [1.29, 1.82) is 0 Å². The van der Waals surface area contributed by atoms with Crippen molar-refractivity contribution in [2.24, 2.45) is 0 Å². The summed E-state index contributed by atoms with van der Waals surface area (Å²) in [7, 11) is 0. The molecule has 27 heavy (non-hydrogen) atoms. The minimum atomic E-state index is 0.104. The van der Waals surface area contributed by atoms with E-state index in [1.54, 1.807) is 0 Å². The summed E-state index contributed by atoms with van der Waals surface area (Å²) in [6, 6.07) is 8.07. The number of likely N-dealkylation sites (tertiary alicyclic amines) is 1. The molecule has 2 aliphatic rings. The van der Waals surface area contributed by atoms with Crippen molar-refractivity contribution in [2.75, 3.05) is 6.54 Å². The molecular weight excluding hydrogens is 342 g/mol. The van der Waals surface area contributed by atoms with Crippen LogP contribution in [0.3, 0.4) is 0 Å². The lowest BCUT2D eigenvalue weighted by molar-refractivity contribution is 0.208. The van der Waals surface area contributed by atoms with Crippen LogP contribution in [0.1, 0.15) is 62.3 Å².